The van der Waals surface area contributed by atoms with Crippen molar-refractivity contribution in [1.29, 1.82) is 0 Å². The molecule has 0 aliphatic heterocycles. The van der Waals surface area contributed by atoms with E-state index in [0.29, 0.717) is 12.4 Å². The molecule has 9 heteroatoms. The van der Waals surface area contributed by atoms with Crippen molar-refractivity contribution in [2.45, 2.75) is 11.8 Å². The molecule has 3 aromatic rings. The van der Waals surface area contributed by atoms with Crippen molar-refractivity contribution in [3.05, 3.63) is 90.2 Å². The third kappa shape index (κ3) is 5.50. The molecule has 0 heterocycles. The highest BCUT2D eigenvalue weighted by Gasteiger charge is 2.29. The van der Waals surface area contributed by atoms with Gasteiger partial charge in [0, 0.05) is 5.56 Å². The van der Waals surface area contributed by atoms with Gasteiger partial charge in [0.2, 0.25) is 0 Å². The summed E-state index contributed by atoms with van der Waals surface area (Å²) in [6, 6.07) is 20.2. The maximum atomic E-state index is 13.7. The molecule has 0 aliphatic rings. The van der Waals surface area contributed by atoms with Gasteiger partial charge in [-0.25, -0.2) is 18.2 Å². The zero-order chi connectivity index (χ0) is 23.0. The maximum absolute atomic E-state index is 13.7. The summed E-state index contributed by atoms with van der Waals surface area (Å²) in [6.07, 6.45) is 1.15. The first-order valence-corrected chi connectivity index (χ1v) is 11.2. The summed E-state index contributed by atoms with van der Waals surface area (Å²) in [5, 5.41) is 3.75. The molecule has 32 heavy (non-hydrogen) atoms. The van der Waals surface area contributed by atoms with Crippen LogP contribution in [0.25, 0.3) is 0 Å². The van der Waals surface area contributed by atoms with Crippen LogP contribution in [-0.4, -0.2) is 33.7 Å². The predicted octanol–water partition coefficient (Wildman–Crippen LogP) is 3.57. The topological polar surface area (TPSA) is 88.1 Å². The van der Waals surface area contributed by atoms with E-state index in [2.05, 4.69) is 10.5 Å². The van der Waals surface area contributed by atoms with Crippen molar-refractivity contribution in [3.8, 4) is 5.75 Å². The van der Waals surface area contributed by atoms with Gasteiger partial charge >= 0.3 is 0 Å². The first kappa shape index (κ1) is 23.0. The summed E-state index contributed by atoms with van der Waals surface area (Å²) >= 11 is 0. The van der Waals surface area contributed by atoms with E-state index in [-0.39, 0.29) is 16.1 Å². The number of para-hydroxylation sites is 2. The Balaban J connectivity index is 1.90. The zero-order valence-corrected chi connectivity index (χ0v) is 18.1. The van der Waals surface area contributed by atoms with Crippen molar-refractivity contribution in [1.82, 2.24) is 5.43 Å². The Labute approximate surface area is 186 Å². The third-order valence-corrected chi connectivity index (χ3v) is 6.12. The first-order chi connectivity index (χ1) is 15.4. The molecule has 0 bridgehead atoms. The molecule has 0 unspecified atom stereocenters. The standard InChI is InChI=1S/C23H22FN3O4S/c1-2-31-22-15-9-8-14-21(22)27(32(29,30)19-11-4-3-5-12-19)17-23(28)26-25-16-18-10-6-7-13-20(18)24/h3-16H,2,17H2,1H3,(H,26,28)/b25-16-. The van der Waals surface area contributed by atoms with Gasteiger partial charge in [0.25, 0.3) is 15.9 Å². The van der Waals surface area contributed by atoms with Crippen molar-refractivity contribution in [2.24, 2.45) is 5.10 Å². The number of carbonyl (C=O) groups excluding carboxylic acids is 1. The van der Waals surface area contributed by atoms with E-state index in [4.69, 9.17) is 4.74 Å². The average molecular weight is 456 g/mol. The smallest absolute Gasteiger partial charge is 0.264 e. The number of halogens is 1. The summed E-state index contributed by atoms with van der Waals surface area (Å²) in [7, 11) is -4.09. The van der Waals surface area contributed by atoms with Crippen LogP contribution in [0.15, 0.2) is 88.9 Å². The van der Waals surface area contributed by atoms with Gasteiger partial charge in [0.15, 0.2) is 0 Å². The molecule has 0 atom stereocenters. The van der Waals surface area contributed by atoms with E-state index in [1.807, 2.05) is 0 Å². The molecule has 0 aromatic heterocycles. The van der Waals surface area contributed by atoms with E-state index in [9.17, 15) is 17.6 Å². The van der Waals surface area contributed by atoms with Gasteiger partial charge in [-0.2, -0.15) is 5.10 Å². The highest BCUT2D eigenvalue weighted by atomic mass is 32.2. The van der Waals surface area contributed by atoms with Crippen molar-refractivity contribution in [2.75, 3.05) is 17.5 Å². The highest BCUT2D eigenvalue weighted by Crippen LogP contribution is 2.32. The van der Waals surface area contributed by atoms with Crippen molar-refractivity contribution >= 4 is 27.8 Å². The van der Waals surface area contributed by atoms with Gasteiger partial charge in [0.05, 0.1) is 23.4 Å². The molecule has 3 rings (SSSR count). The molecule has 0 aliphatic carbocycles. The summed E-state index contributed by atoms with van der Waals surface area (Å²) < 4.78 is 47.0. The number of carbonyl (C=O) groups is 1. The second kappa shape index (κ2) is 10.5. The molecule has 166 valence electrons. The Morgan fingerprint density at radius 1 is 1.03 bits per heavy atom. The molecule has 7 nitrogen and oxygen atoms in total. The molecule has 1 amide bonds. The lowest BCUT2D eigenvalue weighted by Crippen LogP contribution is -2.39. The van der Waals surface area contributed by atoms with Gasteiger partial charge in [-0.15, -0.1) is 0 Å². The number of ether oxygens (including phenoxy) is 1. The number of hydrogen-bond acceptors (Lipinski definition) is 5. The Morgan fingerprint density at radius 2 is 1.69 bits per heavy atom. The van der Waals surface area contributed by atoms with E-state index in [1.54, 1.807) is 55.5 Å². The second-order valence-corrected chi connectivity index (χ2v) is 8.40. The minimum atomic E-state index is -4.09. The Morgan fingerprint density at radius 3 is 2.41 bits per heavy atom. The van der Waals surface area contributed by atoms with Crippen LogP contribution in [0.3, 0.4) is 0 Å². The fourth-order valence-corrected chi connectivity index (χ4v) is 4.33. The normalized spacial score (nSPS) is 11.3. The van der Waals surface area contributed by atoms with Gasteiger partial charge in [-0.1, -0.05) is 48.5 Å². The monoisotopic (exact) mass is 455 g/mol. The van der Waals surface area contributed by atoms with Crippen molar-refractivity contribution in [3.63, 3.8) is 0 Å². The first-order valence-electron chi connectivity index (χ1n) is 9.79. The zero-order valence-electron chi connectivity index (χ0n) is 17.3. The van der Waals surface area contributed by atoms with Gasteiger partial charge < -0.3 is 4.74 Å². The van der Waals surface area contributed by atoms with E-state index in [1.165, 1.54) is 30.3 Å². The molecule has 0 saturated carbocycles. The van der Waals surface area contributed by atoms with Gasteiger partial charge in [-0.05, 0) is 37.3 Å². The lowest BCUT2D eigenvalue weighted by Gasteiger charge is -2.25. The number of benzene rings is 3. The van der Waals surface area contributed by atoms with Crippen LogP contribution < -0.4 is 14.5 Å². The summed E-state index contributed by atoms with van der Waals surface area (Å²) in [4.78, 5) is 12.6. The van der Waals surface area contributed by atoms with E-state index in [0.717, 1.165) is 10.5 Å². The molecule has 0 fully saturated rings. The molecule has 0 radical (unpaired) electrons. The van der Waals surface area contributed by atoms with E-state index >= 15 is 0 Å². The second-order valence-electron chi connectivity index (χ2n) is 6.54. The lowest BCUT2D eigenvalue weighted by molar-refractivity contribution is -0.119. The van der Waals surface area contributed by atoms with E-state index < -0.39 is 28.3 Å². The molecule has 0 spiro atoms. The number of hydrogen-bond donors (Lipinski definition) is 1. The highest BCUT2D eigenvalue weighted by molar-refractivity contribution is 7.92. The molecular weight excluding hydrogens is 433 g/mol. The minimum absolute atomic E-state index is 0.0222. The lowest BCUT2D eigenvalue weighted by atomic mass is 10.2. The number of nitrogens with zero attached hydrogens (tertiary/aromatic N) is 2. The summed E-state index contributed by atoms with van der Waals surface area (Å²) in [5.74, 6) is -0.884. The third-order valence-electron chi connectivity index (χ3n) is 4.35. The predicted molar refractivity (Wildman–Crippen MR) is 121 cm³/mol. The van der Waals surface area contributed by atoms with Gasteiger partial charge in [0.1, 0.15) is 18.1 Å². The fourth-order valence-electron chi connectivity index (χ4n) is 2.88. The van der Waals surface area contributed by atoms with Gasteiger partial charge in [-0.3, -0.25) is 9.10 Å². The minimum Gasteiger partial charge on any atom is -0.492 e. The Hall–Kier alpha value is -3.72. The van der Waals surface area contributed by atoms with Crippen LogP contribution in [0.5, 0.6) is 5.75 Å². The number of sulfonamides is 1. The van der Waals surface area contributed by atoms with Crippen LogP contribution in [0, 0.1) is 5.82 Å². The molecule has 1 N–H and O–H groups in total. The molecule has 3 aromatic carbocycles. The number of rotatable bonds is 9. The number of anilines is 1. The number of nitrogens with one attached hydrogen (secondary N) is 1. The van der Waals surface area contributed by atoms with Crippen LogP contribution in [-0.2, 0) is 14.8 Å². The van der Waals surface area contributed by atoms with Crippen LogP contribution in [0.2, 0.25) is 0 Å². The summed E-state index contributed by atoms with van der Waals surface area (Å²) in [6.45, 7) is 1.53. The number of amides is 1. The average Bonchev–Trinajstić information content (AvgIpc) is 2.80. The fraction of sp³-hybridized carbons (Fsp3) is 0.130. The van der Waals surface area contributed by atoms with Crippen molar-refractivity contribution < 1.29 is 22.3 Å². The Kier molecular flexibility index (Phi) is 7.56. The quantitative estimate of drug-likeness (QED) is 0.395. The van der Waals surface area contributed by atoms with Crippen LogP contribution >= 0.6 is 0 Å². The summed E-state index contributed by atoms with van der Waals surface area (Å²) in [5.41, 5.74) is 2.65. The Bertz CT molecular complexity index is 1200. The number of hydrazone groups is 1. The molecule has 0 saturated heterocycles. The maximum Gasteiger partial charge on any atom is 0.264 e. The van der Waals surface area contributed by atoms with Crippen LogP contribution in [0.1, 0.15) is 12.5 Å². The SMILES string of the molecule is CCOc1ccccc1N(CC(=O)N/N=C\c1ccccc1F)S(=O)(=O)c1ccccc1. The largest absolute Gasteiger partial charge is 0.492 e. The molecular formula is C23H22FN3O4S. The van der Waals surface area contributed by atoms with Crippen LogP contribution in [0.4, 0.5) is 10.1 Å².